The van der Waals surface area contributed by atoms with E-state index in [0.717, 1.165) is 54.6 Å². The van der Waals surface area contributed by atoms with E-state index in [9.17, 15) is 0 Å². The number of anilines is 1. The molecular weight excluding hydrogens is 473 g/mol. The minimum absolute atomic E-state index is 0.654. The molecule has 0 spiro atoms. The molecule has 162 valence electrons. The Labute approximate surface area is 202 Å². The van der Waals surface area contributed by atoms with Gasteiger partial charge in [0.2, 0.25) is 0 Å². The Bertz CT molecular complexity index is 1060. The molecule has 1 aliphatic rings. The molecule has 0 bridgehead atoms. The summed E-state index contributed by atoms with van der Waals surface area (Å²) >= 11 is 24.0. The number of nitrogens with zero attached hydrogens (tertiary/aromatic N) is 4. The van der Waals surface area contributed by atoms with Gasteiger partial charge >= 0.3 is 0 Å². The number of thiocarbonyl (C=S) groups is 1. The summed E-state index contributed by atoms with van der Waals surface area (Å²) in [5, 5.41) is 10.5. The first kappa shape index (κ1) is 22.4. The molecule has 5 nitrogen and oxygen atoms in total. The van der Waals surface area contributed by atoms with Gasteiger partial charge in [0, 0.05) is 54.0 Å². The lowest BCUT2D eigenvalue weighted by Gasteiger charge is -2.36. The second-order valence-corrected chi connectivity index (χ2v) is 9.15. The number of hydrogen-bond acceptors (Lipinski definition) is 3. The number of benzene rings is 2. The van der Waals surface area contributed by atoms with Crippen molar-refractivity contribution in [2.75, 3.05) is 31.5 Å². The third-order valence-electron chi connectivity index (χ3n) is 5.19. The highest BCUT2D eigenvalue weighted by atomic mass is 35.5. The maximum Gasteiger partial charge on any atom is 0.173 e. The van der Waals surface area contributed by atoms with E-state index in [1.807, 2.05) is 47.3 Å². The number of nitrogens with one attached hydrogen (secondary N) is 1. The average Bonchev–Trinajstić information content (AvgIpc) is 3.17. The summed E-state index contributed by atoms with van der Waals surface area (Å²) in [6.45, 7) is 4.99. The van der Waals surface area contributed by atoms with Crippen LogP contribution in [0.2, 0.25) is 15.1 Å². The van der Waals surface area contributed by atoms with Gasteiger partial charge in [-0.15, -0.1) is 0 Å². The van der Waals surface area contributed by atoms with Crippen molar-refractivity contribution in [2.24, 2.45) is 0 Å². The molecular formula is C22H22Cl3N5S. The van der Waals surface area contributed by atoms with Gasteiger partial charge in [0.15, 0.2) is 5.11 Å². The summed E-state index contributed by atoms with van der Waals surface area (Å²) in [6.07, 6.45) is 3.74. The number of hydrogen-bond donors (Lipinski definition) is 1. The third kappa shape index (κ3) is 6.11. The molecule has 0 radical (unpaired) electrons. The van der Waals surface area contributed by atoms with Crippen LogP contribution in [-0.4, -0.2) is 50.9 Å². The summed E-state index contributed by atoms with van der Waals surface area (Å²) in [5.41, 5.74) is 3.07. The van der Waals surface area contributed by atoms with Gasteiger partial charge in [0.25, 0.3) is 0 Å². The first-order chi connectivity index (χ1) is 15.0. The molecule has 1 fully saturated rings. The van der Waals surface area contributed by atoms with Crippen LogP contribution in [0.4, 0.5) is 5.69 Å². The van der Waals surface area contributed by atoms with Crippen molar-refractivity contribution in [3.8, 4) is 0 Å². The molecule has 1 saturated heterocycles. The predicted octanol–water partition coefficient (Wildman–Crippen LogP) is 5.41. The van der Waals surface area contributed by atoms with E-state index < -0.39 is 0 Å². The Morgan fingerprint density at radius 2 is 1.74 bits per heavy atom. The van der Waals surface area contributed by atoms with Gasteiger partial charge in [0.1, 0.15) is 0 Å². The topological polar surface area (TPSA) is 36.3 Å². The van der Waals surface area contributed by atoms with Crippen LogP contribution >= 0.6 is 47.0 Å². The van der Waals surface area contributed by atoms with Crippen molar-refractivity contribution in [1.82, 2.24) is 19.6 Å². The molecule has 31 heavy (non-hydrogen) atoms. The van der Waals surface area contributed by atoms with Crippen LogP contribution in [-0.2, 0) is 13.1 Å². The quantitative estimate of drug-likeness (QED) is 0.480. The minimum atomic E-state index is 0.654. The second kappa shape index (κ2) is 10.2. The van der Waals surface area contributed by atoms with Gasteiger partial charge in [-0.1, -0.05) is 53.0 Å². The summed E-state index contributed by atoms with van der Waals surface area (Å²) in [5.74, 6) is 0. The van der Waals surface area contributed by atoms with E-state index in [0.29, 0.717) is 21.7 Å². The lowest BCUT2D eigenvalue weighted by atomic mass is 10.2. The SMILES string of the molecule is S=C(Nc1cnn(Cc2cccc(Cl)c2)c1)N1CCN(Cc2ccc(Cl)cc2Cl)CC1. The molecule has 1 N–H and O–H groups in total. The minimum Gasteiger partial charge on any atom is -0.346 e. The van der Waals surface area contributed by atoms with Crippen LogP contribution in [0.25, 0.3) is 0 Å². The van der Waals surface area contributed by atoms with Gasteiger partial charge in [-0.2, -0.15) is 5.10 Å². The zero-order valence-electron chi connectivity index (χ0n) is 16.8. The number of aromatic nitrogens is 2. The Hall–Kier alpha value is -1.83. The van der Waals surface area contributed by atoms with E-state index in [4.69, 9.17) is 47.0 Å². The van der Waals surface area contributed by atoms with Crippen molar-refractivity contribution in [3.63, 3.8) is 0 Å². The number of halogens is 3. The fourth-order valence-electron chi connectivity index (χ4n) is 3.54. The lowest BCUT2D eigenvalue weighted by molar-refractivity contribution is 0.177. The lowest BCUT2D eigenvalue weighted by Crippen LogP contribution is -2.49. The molecule has 3 aromatic rings. The molecule has 4 rings (SSSR count). The number of piperazine rings is 1. The van der Waals surface area contributed by atoms with E-state index in [1.165, 1.54) is 0 Å². The van der Waals surface area contributed by atoms with Crippen LogP contribution in [0.15, 0.2) is 54.9 Å². The first-order valence-corrected chi connectivity index (χ1v) is 11.5. The average molecular weight is 495 g/mol. The highest BCUT2D eigenvalue weighted by Gasteiger charge is 2.20. The van der Waals surface area contributed by atoms with Crippen LogP contribution in [0.5, 0.6) is 0 Å². The summed E-state index contributed by atoms with van der Waals surface area (Å²) in [7, 11) is 0. The molecule has 0 amide bonds. The van der Waals surface area contributed by atoms with Gasteiger partial charge in [0.05, 0.1) is 18.4 Å². The smallest absolute Gasteiger partial charge is 0.173 e. The molecule has 0 aliphatic carbocycles. The largest absolute Gasteiger partial charge is 0.346 e. The van der Waals surface area contributed by atoms with E-state index in [1.54, 1.807) is 12.3 Å². The van der Waals surface area contributed by atoms with Crippen LogP contribution in [0.3, 0.4) is 0 Å². The second-order valence-electron chi connectivity index (χ2n) is 7.49. The van der Waals surface area contributed by atoms with Gasteiger partial charge in [-0.05, 0) is 47.6 Å². The van der Waals surface area contributed by atoms with Gasteiger partial charge in [-0.3, -0.25) is 9.58 Å². The van der Waals surface area contributed by atoms with Crippen molar-refractivity contribution >= 4 is 57.8 Å². The standard InChI is InChI=1S/C22H22Cl3N5S/c23-18-3-1-2-16(10-18)13-30-15-20(12-26-30)27-22(31)29-8-6-28(7-9-29)14-17-4-5-19(24)11-21(17)25/h1-5,10-12,15H,6-9,13-14H2,(H,27,31). The molecule has 1 aromatic heterocycles. The molecule has 9 heteroatoms. The van der Waals surface area contributed by atoms with Crippen molar-refractivity contribution in [2.45, 2.75) is 13.1 Å². The summed E-state index contributed by atoms with van der Waals surface area (Å²) in [4.78, 5) is 4.56. The maximum absolute atomic E-state index is 6.31. The highest BCUT2D eigenvalue weighted by molar-refractivity contribution is 7.80. The zero-order valence-corrected chi connectivity index (χ0v) is 19.9. The van der Waals surface area contributed by atoms with Crippen LogP contribution in [0, 0.1) is 0 Å². The molecule has 0 unspecified atom stereocenters. The fraction of sp³-hybridized carbons (Fsp3) is 0.273. The summed E-state index contributed by atoms with van der Waals surface area (Å²) < 4.78 is 1.87. The molecule has 0 atom stereocenters. The first-order valence-electron chi connectivity index (χ1n) is 9.95. The van der Waals surface area contributed by atoms with Crippen molar-refractivity contribution in [3.05, 3.63) is 81.1 Å². The Balaban J connectivity index is 1.27. The Morgan fingerprint density at radius 1 is 0.968 bits per heavy atom. The molecule has 0 saturated carbocycles. The highest BCUT2D eigenvalue weighted by Crippen LogP contribution is 2.23. The monoisotopic (exact) mass is 493 g/mol. The third-order valence-corrected chi connectivity index (χ3v) is 6.37. The Morgan fingerprint density at radius 3 is 2.48 bits per heavy atom. The van der Waals surface area contributed by atoms with Crippen LogP contribution < -0.4 is 5.32 Å². The van der Waals surface area contributed by atoms with Crippen molar-refractivity contribution in [1.29, 1.82) is 0 Å². The zero-order chi connectivity index (χ0) is 21.8. The molecule has 2 heterocycles. The number of rotatable bonds is 5. The summed E-state index contributed by atoms with van der Waals surface area (Å²) in [6, 6.07) is 13.4. The fourth-order valence-corrected chi connectivity index (χ4v) is 4.52. The molecule has 1 aliphatic heterocycles. The van der Waals surface area contributed by atoms with E-state index in [-0.39, 0.29) is 0 Å². The Kier molecular flexibility index (Phi) is 7.35. The van der Waals surface area contributed by atoms with E-state index in [2.05, 4.69) is 20.2 Å². The van der Waals surface area contributed by atoms with E-state index >= 15 is 0 Å². The van der Waals surface area contributed by atoms with Gasteiger partial charge in [-0.25, -0.2) is 0 Å². The van der Waals surface area contributed by atoms with Crippen molar-refractivity contribution < 1.29 is 0 Å². The molecule has 2 aromatic carbocycles. The van der Waals surface area contributed by atoms with Gasteiger partial charge < -0.3 is 10.2 Å². The maximum atomic E-state index is 6.31. The predicted molar refractivity (Wildman–Crippen MR) is 132 cm³/mol. The normalized spacial score (nSPS) is 14.6. The van der Waals surface area contributed by atoms with Crippen LogP contribution in [0.1, 0.15) is 11.1 Å².